The van der Waals surface area contributed by atoms with Crippen LogP contribution in [0.5, 0.6) is 0 Å². The van der Waals surface area contributed by atoms with Gasteiger partial charge in [-0.05, 0) is 19.3 Å². The molecule has 0 aromatic heterocycles. The third-order valence-electron chi connectivity index (χ3n) is 2.23. The molecule has 1 rings (SSSR count). The summed E-state index contributed by atoms with van der Waals surface area (Å²) in [6.07, 6.45) is 4.62. The molecule has 1 aliphatic rings. The first kappa shape index (κ1) is 8.53. The van der Waals surface area contributed by atoms with Gasteiger partial charge >= 0.3 is 0 Å². The van der Waals surface area contributed by atoms with Crippen LogP contribution in [0.2, 0.25) is 0 Å². The summed E-state index contributed by atoms with van der Waals surface area (Å²) >= 11 is 0. The fourth-order valence-corrected chi connectivity index (χ4v) is 1.61. The highest BCUT2D eigenvalue weighted by Crippen LogP contribution is 2.11. The number of hydrogen-bond acceptors (Lipinski definition) is 2. The number of likely N-dealkylation sites (tertiary alicyclic amines) is 1. The van der Waals surface area contributed by atoms with E-state index in [0.717, 1.165) is 25.9 Å². The van der Waals surface area contributed by atoms with Gasteiger partial charge in [0.2, 0.25) is 6.41 Å². The Morgan fingerprint density at radius 3 is 2.64 bits per heavy atom. The first-order valence-corrected chi connectivity index (χ1v) is 4.32. The van der Waals surface area contributed by atoms with Crippen molar-refractivity contribution in [1.29, 1.82) is 0 Å². The third-order valence-corrected chi connectivity index (χ3v) is 2.23. The zero-order valence-corrected chi connectivity index (χ0v) is 7.05. The molecule has 0 saturated carbocycles. The molecule has 3 heteroatoms. The van der Waals surface area contributed by atoms with E-state index in [0.29, 0.717) is 0 Å². The Morgan fingerprint density at radius 2 is 2.18 bits per heavy atom. The molecule has 0 radical (unpaired) electrons. The summed E-state index contributed by atoms with van der Waals surface area (Å²) in [6.45, 7) is 4.37. The molecule has 1 fully saturated rings. The van der Waals surface area contributed by atoms with E-state index in [1.54, 1.807) is 0 Å². The predicted molar refractivity (Wildman–Crippen MR) is 44.1 cm³/mol. The lowest BCUT2D eigenvalue weighted by Gasteiger charge is -2.25. The maximum atomic E-state index is 10.2. The lowest BCUT2D eigenvalue weighted by Crippen LogP contribution is -2.43. The molecular weight excluding hydrogens is 140 g/mol. The monoisotopic (exact) mass is 156 g/mol. The van der Waals surface area contributed by atoms with E-state index >= 15 is 0 Å². The zero-order chi connectivity index (χ0) is 8.10. The van der Waals surface area contributed by atoms with Gasteiger partial charge in [-0.3, -0.25) is 9.69 Å². The second-order valence-corrected chi connectivity index (χ2v) is 2.95. The van der Waals surface area contributed by atoms with Gasteiger partial charge in [-0.25, -0.2) is 0 Å². The predicted octanol–water partition coefficient (Wildman–Crippen LogP) is 0.564. The normalized spacial score (nSPS) is 21.5. The van der Waals surface area contributed by atoms with Crippen LogP contribution in [0.4, 0.5) is 0 Å². The Bertz CT molecular complexity index is 121. The molecule has 1 saturated heterocycles. The average Bonchev–Trinajstić information content (AvgIpc) is 2.52. The maximum Gasteiger partial charge on any atom is 0.208 e. The molecule has 1 amide bonds. The molecule has 3 nitrogen and oxygen atoms in total. The highest BCUT2D eigenvalue weighted by molar-refractivity contribution is 5.46. The van der Waals surface area contributed by atoms with E-state index in [2.05, 4.69) is 17.1 Å². The first-order chi connectivity index (χ1) is 5.38. The summed E-state index contributed by atoms with van der Waals surface area (Å²) < 4.78 is 0. The van der Waals surface area contributed by atoms with Gasteiger partial charge in [0.15, 0.2) is 0 Å². The van der Waals surface area contributed by atoms with Gasteiger partial charge in [0.05, 0.1) is 6.17 Å². The van der Waals surface area contributed by atoms with Crippen LogP contribution in [-0.2, 0) is 4.79 Å². The van der Waals surface area contributed by atoms with Crippen LogP contribution in [0.1, 0.15) is 26.2 Å². The van der Waals surface area contributed by atoms with Crippen molar-refractivity contribution < 1.29 is 4.79 Å². The fourth-order valence-electron chi connectivity index (χ4n) is 1.61. The molecule has 11 heavy (non-hydrogen) atoms. The molecule has 1 heterocycles. The molecule has 0 aromatic carbocycles. The number of hydrogen-bond donors (Lipinski definition) is 1. The number of nitrogens with zero attached hydrogens (tertiary/aromatic N) is 1. The fraction of sp³-hybridized carbons (Fsp3) is 0.875. The lowest BCUT2D eigenvalue weighted by molar-refractivity contribution is -0.111. The van der Waals surface area contributed by atoms with Crippen LogP contribution in [0, 0.1) is 0 Å². The Labute approximate surface area is 67.8 Å². The van der Waals surface area contributed by atoms with Crippen LogP contribution < -0.4 is 5.32 Å². The van der Waals surface area contributed by atoms with Crippen molar-refractivity contribution in [2.45, 2.75) is 32.4 Å². The molecule has 1 atom stereocenters. The Balaban J connectivity index is 2.33. The topological polar surface area (TPSA) is 32.3 Å². The van der Waals surface area contributed by atoms with Gasteiger partial charge in [0.1, 0.15) is 0 Å². The molecule has 1 N–H and O–H groups in total. The van der Waals surface area contributed by atoms with Crippen LogP contribution in [-0.4, -0.2) is 30.6 Å². The first-order valence-electron chi connectivity index (χ1n) is 4.32. The molecule has 0 spiro atoms. The van der Waals surface area contributed by atoms with E-state index in [-0.39, 0.29) is 6.17 Å². The molecule has 64 valence electrons. The van der Waals surface area contributed by atoms with Gasteiger partial charge in [0, 0.05) is 13.1 Å². The van der Waals surface area contributed by atoms with Gasteiger partial charge in [0.25, 0.3) is 0 Å². The molecular formula is C8H16N2O. The largest absolute Gasteiger partial charge is 0.343 e. The molecule has 0 aliphatic carbocycles. The van der Waals surface area contributed by atoms with Crippen molar-refractivity contribution in [3.63, 3.8) is 0 Å². The number of amides is 1. The summed E-state index contributed by atoms with van der Waals surface area (Å²) in [5.41, 5.74) is 0. The third kappa shape index (κ3) is 2.19. The average molecular weight is 156 g/mol. The summed E-state index contributed by atoms with van der Waals surface area (Å²) in [5.74, 6) is 0. The Kier molecular flexibility index (Phi) is 3.36. The summed E-state index contributed by atoms with van der Waals surface area (Å²) in [6, 6.07) is 0. The van der Waals surface area contributed by atoms with Gasteiger partial charge in [-0.2, -0.15) is 0 Å². The molecule has 1 unspecified atom stereocenters. The van der Waals surface area contributed by atoms with Crippen molar-refractivity contribution in [2.24, 2.45) is 0 Å². The SMILES string of the molecule is CCC(NC=O)N1CCCC1. The maximum absolute atomic E-state index is 10.2. The summed E-state index contributed by atoms with van der Waals surface area (Å²) in [7, 11) is 0. The minimum atomic E-state index is 0.273. The number of rotatable bonds is 4. The molecule has 1 aliphatic heterocycles. The van der Waals surface area contributed by atoms with E-state index in [1.165, 1.54) is 12.8 Å². The second-order valence-electron chi connectivity index (χ2n) is 2.95. The number of carbonyl (C=O) groups excluding carboxylic acids is 1. The highest BCUT2D eigenvalue weighted by Gasteiger charge is 2.18. The van der Waals surface area contributed by atoms with Crippen molar-refractivity contribution in [3.05, 3.63) is 0 Å². The van der Waals surface area contributed by atoms with Crippen LogP contribution >= 0.6 is 0 Å². The summed E-state index contributed by atoms with van der Waals surface area (Å²) in [5, 5.41) is 2.82. The zero-order valence-electron chi connectivity index (χ0n) is 7.05. The van der Waals surface area contributed by atoms with Gasteiger partial charge < -0.3 is 5.32 Å². The Morgan fingerprint density at radius 1 is 1.55 bits per heavy atom. The smallest absolute Gasteiger partial charge is 0.208 e. The van der Waals surface area contributed by atoms with E-state index in [1.807, 2.05) is 0 Å². The number of carbonyl (C=O) groups is 1. The molecule has 0 bridgehead atoms. The van der Waals surface area contributed by atoms with Gasteiger partial charge in [-0.15, -0.1) is 0 Å². The van der Waals surface area contributed by atoms with Crippen molar-refractivity contribution >= 4 is 6.41 Å². The van der Waals surface area contributed by atoms with E-state index < -0.39 is 0 Å². The van der Waals surface area contributed by atoms with Crippen molar-refractivity contribution in [3.8, 4) is 0 Å². The van der Waals surface area contributed by atoms with Gasteiger partial charge in [-0.1, -0.05) is 6.92 Å². The van der Waals surface area contributed by atoms with E-state index in [4.69, 9.17) is 0 Å². The molecule has 0 aromatic rings. The standard InChI is InChI=1S/C8H16N2O/c1-2-8(9-7-11)10-5-3-4-6-10/h7-8H,2-6H2,1H3,(H,9,11). The van der Waals surface area contributed by atoms with Crippen LogP contribution in [0.25, 0.3) is 0 Å². The van der Waals surface area contributed by atoms with Crippen molar-refractivity contribution in [2.75, 3.05) is 13.1 Å². The number of nitrogens with one attached hydrogen (secondary N) is 1. The quantitative estimate of drug-likeness (QED) is 0.603. The van der Waals surface area contributed by atoms with Crippen molar-refractivity contribution in [1.82, 2.24) is 10.2 Å². The lowest BCUT2D eigenvalue weighted by atomic mass is 10.3. The minimum Gasteiger partial charge on any atom is -0.343 e. The summed E-state index contributed by atoms with van der Waals surface area (Å²) in [4.78, 5) is 12.5. The minimum absolute atomic E-state index is 0.273. The van der Waals surface area contributed by atoms with Crippen LogP contribution in [0.3, 0.4) is 0 Å². The van der Waals surface area contributed by atoms with Crippen LogP contribution in [0.15, 0.2) is 0 Å². The Hall–Kier alpha value is -0.570. The second kappa shape index (κ2) is 4.34. The van der Waals surface area contributed by atoms with E-state index in [9.17, 15) is 4.79 Å². The highest BCUT2D eigenvalue weighted by atomic mass is 16.1.